The first-order valence-electron chi connectivity index (χ1n) is 13.0. The van der Waals surface area contributed by atoms with Crippen molar-refractivity contribution in [2.75, 3.05) is 17.2 Å². The van der Waals surface area contributed by atoms with Gasteiger partial charge in [0.1, 0.15) is 16.3 Å². The van der Waals surface area contributed by atoms with Crippen molar-refractivity contribution in [1.29, 1.82) is 0 Å². The first-order chi connectivity index (χ1) is 20.4. The molecule has 0 bridgehead atoms. The van der Waals surface area contributed by atoms with Gasteiger partial charge in [0.25, 0.3) is 11.8 Å². The quantitative estimate of drug-likeness (QED) is 0.182. The normalized spacial score (nSPS) is 11.9. The third-order valence-electron chi connectivity index (χ3n) is 6.20. The van der Waals surface area contributed by atoms with Crippen molar-refractivity contribution in [2.24, 2.45) is 0 Å². The summed E-state index contributed by atoms with van der Waals surface area (Å²) in [6.45, 7) is 5.14. The smallest absolute Gasteiger partial charge is 0.416 e. The molecule has 2 amide bonds. The van der Waals surface area contributed by atoms with Gasteiger partial charge < -0.3 is 20.1 Å². The summed E-state index contributed by atoms with van der Waals surface area (Å²) < 4.78 is 50.0. The van der Waals surface area contributed by atoms with Crippen molar-refractivity contribution in [1.82, 2.24) is 0 Å². The number of anilines is 2. The van der Waals surface area contributed by atoms with E-state index in [1.807, 2.05) is 37.3 Å². The number of amides is 2. The molecule has 0 fully saturated rings. The van der Waals surface area contributed by atoms with Crippen LogP contribution in [0.2, 0.25) is 5.02 Å². The van der Waals surface area contributed by atoms with Crippen LogP contribution in [0.15, 0.2) is 72.8 Å². The van der Waals surface area contributed by atoms with Crippen molar-refractivity contribution in [3.05, 3.63) is 99.4 Å². The summed E-state index contributed by atoms with van der Waals surface area (Å²) in [4.78, 5) is 39.5. The van der Waals surface area contributed by atoms with Crippen LogP contribution in [0.1, 0.15) is 45.0 Å². The Morgan fingerprint density at radius 1 is 0.977 bits per heavy atom. The number of carbonyl (C=O) groups is 3. The van der Waals surface area contributed by atoms with Crippen molar-refractivity contribution in [3.63, 3.8) is 0 Å². The Hall–Kier alpha value is -4.35. The summed E-state index contributed by atoms with van der Waals surface area (Å²) in [7, 11) is 0. The van der Waals surface area contributed by atoms with Gasteiger partial charge in [0.05, 0.1) is 22.9 Å². The molecular weight excluding hydrogens is 605 g/mol. The summed E-state index contributed by atoms with van der Waals surface area (Å²) in [6.07, 6.45) is -5.71. The lowest BCUT2D eigenvalue weighted by molar-refractivity contribution is -0.137. The molecule has 3 aromatic carbocycles. The molecule has 1 aromatic heterocycles. The maximum atomic E-state index is 13.1. The van der Waals surface area contributed by atoms with Crippen molar-refractivity contribution < 1.29 is 37.0 Å². The van der Waals surface area contributed by atoms with E-state index < -0.39 is 35.6 Å². The average molecular weight is 631 g/mol. The summed E-state index contributed by atoms with van der Waals surface area (Å²) in [5.41, 5.74) is 0.854. The highest BCUT2D eigenvalue weighted by molar-refractivity contribution is 7.17. The second-order valence-corrected chi connectivity index (χ2v) is 10.9. The van der Waals surface area contributed by atoms with Crippen LogP contribution in [0, 0.1) is 6.92 Å². The van der Waals surface area contributed by atoms with Crippen LogP contribution in [0.5, 0.6) is 5.75 Å². The van der Waals surface area contributed by atoms with E-state index in [0.29, 0.717) is 10.6 Å². The molecule has 1 atom stereocenters. The number of rotatable bonds is 9. The fourth-order valence-corrected chi connectivity index (χ4v) is 5.36. The van der Waals surface area contributed by atoms with Gasteiger partial charge in [0.15, 0.2) is 6.10 Å². The minimum absolute atomic E-state index is 0.0631. The molecule has 0 aliphatic carbocycles. The molecule has 4 rings (SSSR count). The number of carbonyl (C=O) groups excluding carboxylic acids is 3. The number of hydrogen-bond acceptors (Lipinski definition) is 6. The highest BCUT2D eigenvalue weighted by Crippen LogP contribution is 2.40. The summed E-state index contributed by atoms with van der Waals surface area (Å²) in [5, 5.41) is 5.43. The predicted molar refractivity (Wildman–Crippen MR) is 160 cm³/mol. The third-order valence-corrected chi connectivity index (χ3v) is 7.55. The van der Waals surface area contributed by atoms with E-state index in [1.54, 1.807) is 6.92 Å². The number of ether oxygens (including phenoxy) is 2. The predicted octanol–water partition coefficient (Wildman–Crippen LogP) is 8.23. The molecule has 224 valence electrons. The Morgan fingerprint density at radius 3 is 2.28 bits per heavy atom. The van der Waals surface area contributed by atoms with E-state index in [4.69, 9.17) is 21.1 Å². The van der Waals surface area contributed by atoms with Gasteiger partial charge in [-0.15, -0.1) is 11.3 Å². The number of nitrogens with one attached hydrogen (secondary N) is 2. The Bertz CT molecular complexity index is 1640. The Labute approximate surface area is 254 Å². The largest absolute Gasteiger partial charge is 0.481 e. The van der Waals surface area contributed by atoms with Gasteiger partial charge in [0, 0.05) is 16.0 Å². The van der Waals surface area contributed by atoms with Crippen molar-refractivity contribution >= 4 is 51.4 Å². The molecule has 1 heterocycles. The minimum atomic E-state index is -4.60. The van der Waals surface area contributed by atoms with Gasteiger partial charge in [-0.05, 0) is 68.8 Å². The second kappa shape index (κ2) is 13.3. The Morgan fingerprint density at radius 2 is 1.65 bits per heavy atom. The number of alkyl halides is 3. The molecule has 0 unspecified atom stereocenters. The SMILES string of the molecule is CCOC(=O)c1c(NC(=O)c2ccc(O[C@@H](C)C(=O)Nc3cc(C(F)(F)F)ccc3Cl)cc2)sc(C)c1-c1ccccc1. The van der Waals surface area contributed by atoms with E-state index in [0.717, 1.165) is 28.6 Å². The van der Waals surface area contributed by atoms with Gasteiger partial charge in [-0.25, -0.2) is 4.79 Å². The van der Waals surface area contributed by atoms with Gasteiger partial charge in [0.2, 0.25) is 0 Å². The van der Waals surface area contributed by atoms with Gasteiger partial charge in [-0.2, -0.15) is 13.2 Å². The molecule has 43 heavy (non-hydrogen) atoms. The zero-order chi connectivity index (χ0) is 31.3. The molecule has 0 aliphatic rings. The molecule has 0 saturated heterocycles. The van der Waals surface area contributed by atoms with Crippen LogP contribution in [0.4, 0.5) is 23.9 Å². The molecule has 4 aromatic rings. The molecule has 0 aliphatic heterocycles. The number of aryl methyl sites for hydroxylation is 1. The van der Waals surface area contributed by atoms with E-state index in [1.165, 1.54) is 42.5 Å². The summed E-state index contributed by atoms with van der Waals surface area (Å²) in [5.74, 6) is -1.52. The van der Waals surface area contributed by atoms with Crippen molar-refractivity contribution in [2.45, 2.75) is 33.1 Å². The second-order valence-electron chi connectivity index (χ2n) is 9.24. The average Bonchev–Trinajstić information content (AvgIpc) is 3.29. The van der Waals surface area contributed by atoms with E-state index >= 15 is 0 Å². The molecular formula is C31H26ClF3N2O5S. The standard InChI is InChI=1S/C31H26ClF3N2O5S/c1-4-41-30(40)26-25(19-8-6-5-7-9-19)18(3)43-29(26)37-28(39)20-10-13-22(14-11-20)42-17(2)27(38)36-24-16-21(31(33,34)35)12-15-23(24)32/h5-17H,4H2,1-3H3,(H,36,38)(H,37,39)/t17-/m0/s1. The van der Waals surface area contributed by atoms with Crippen molar-refractivity contribution in [3.8, 4) is 16.9 Å². The van der Waals surface area contributed by atoms with E-state index in [-0.39, 0.29) is 34.2 Å². The first-order valence-corrected chi connectivity index (χ1v) is 14.2. The molecule has 2 N–H and O–H groups in total. The monoisotopic (exact) mass is 630 g/mol. The fourth-order valence-electron chi connectivity index (χ4n) is 4.13. The maximum Gasteiger partial charge on any atom is 0.416 e. The first kappa shape index (κ1) is 31.6. The van der Waals surface area contributed by atoms with Crippen LogP contribution in [-0.4, -0.2) is 30.5 Å². The number of esters is 1. The molecule has 0 spiro atoms. The third kappa shape index (κ3) is 7.54. The lowest BCUT2D eigenvalue weighted by Gasteiger charge is -2.16. The number of thiophene rings is 1. The highest BCUT2D eigenvalue weighted by Gasteiger charge is 2.31. The summed E-state index contributed by atoms with van der Waals surface area (Å²) in [6, 6.07) is 17.8. The van der Waals surface area contributed by atoms with E-state index in [2.05, 4.69) is 10.6 Å². The Kier molecular flexibility index (Phi) is 9.77. The Balaban J connectivity index is 1.46. The summed E-state index contributed by atoms with van der Waals surface area (Å²) >= 11 is 7.22. The molecule has 0 saturated carbocycles. The van der Waals surface area contributed by atoms with Crippen LogP contribution in [-0.2, 0) is 15.7 Å². The number of hydrogen-bond donors (Lipinski definition) is 2. The lowest BCUT2D eigenvalue weighted by Crippen LogP contribution is -2.30. The number of benzene rings is 3. The van der Waals surface area contributed by atoms with Gasteiger partial charge in [-0.3, -0.25) is 9.59 Å². The topological polar surface area (TPSA) is 93.7 Å². The van der Waals surface area contributed by atoms with Crippen LogP contribution in [0.3, 0.4) is 0 Å². The van der Waals surface area contributed by atoms with Gasteiger partial charge >= 0.3 is 12.1 Å². The van der Waals surface area contributed by atoms with Gasteiger partial charge in [-0.1, -0.05) is 41.9 Å². The molecule has 7 nitrogen and oxygen atoms in total. The molecule has 12 heteroatoms. The lowest BCUT2D eigenvalue weighted by atomic mass is 10.0. The zero-order valence-electron chi connectivity index (χ0n) is 23.2. The fraction of sp³-hybridized carbons (Fsp3) is 0.194. The van der Waals surface area contributed by atoms with Crippen LogP contribution >= 0.6 is 22.9 Å². The van der Waals surface area contributed by atoms with E-state index in [9.17, 15) is 27.6 Å². The number of halogens is 4. The molecule has 0 radical (unpaired) electrons. The maximum absolute atomic E-state index is 13.1. The zero-order valence-corrected chi connectivity index (χ0v) is 24.7. The van der Waals surface area contributed by atoms with Crippen LogP contribution < -0.4 is 15.4 Å². The minimum Gasteiger partial charge on any atom is -0.481 e. The highest BCUT2D eigenvalue weighted by atomic mass is 35.5. The van der Waals surface area contributed by atoms with Crippen LogP contribution in [0.25, 0.3) is 11.1 Å².